The highest BCUT2D eigenvalue weighted by Gasteiger charge is 2.31. The molecule has 1 aliphatic heterocycles. The van der Waals surface area contributed by atoms with E-state index in [4.69, 9.17) is 0 Å². The molecule has 2 aromatic rings. The number of rotatable bonds is 6. The lowest BCUT2D eigenvalue weighted by molar-refractivity contribution is -0.133. The van der Waals surface area contributed by atoms with Crippen molar-refractivity contribution >= 4 is 5.91 Å². The average Bonchev–Trinajstić information content (AvgIpc) is 3.33. The number of hydrogen-bond donors (Lipinski definition) is 0. The number of hydrogen-bond acceptors (Lipinski definition) is 4. The predicted molar refractivity (Wildman–Crippen MR) is 99.0 cm³/mol. The van der Waals surface area contributed by atoms with Crippen LogP contribution in [0.25, 0.3) is 0 Å². The Balaban J connectivity index is 1.34. The number of alkyl halides is 2. The van der Waals surface area contributed by atoms with Crippen LogP contribution in [0.2, 0.25) is 0 Å². The van der Waals surface area contributed by atoms with Crippen molar-refractivity contribution in [2.75, 3.05) is 26.2 Å². The number of carbonyl (C=O) groups is 1. The van der Waals surface area contributed by atoms with E-state index < -0.39 is 6.43 Å². The third-order valence-corrected chi connectivity index (χ3v) is 5.57. The molecule has 1 aliphatic carbocycles. The van der Waals surface area contributed by atoms with Crippen LogP contribution >= 0.6 is 0 Å². The smallest absolute Gasteiger partial charge is 0.282 e. The Labute approximate surface area is 162 Å². The Hall–Kier alpha value is -2.29. The fraction of sp³-hybridized carbons (Fsp3) is 0.632. The lowest BCUT2D eigenvalue weighted by atomic mass is 10.2. The highest BCUT2D eigenvalue weighted by atomic mass is 19.3. The number of carbonyl (C=O) groups excluding carboxylic acids is 1. The van der Waals surface area contributed by atoms with Gasteiger partial charge in [-0.3, -0.25) is 19.1 Å². The molecule has 1 saturated heterocycles. The number of aromatic nitrogens is 4. The van der Waals surface area contributed by atoms with E-state index in [0.29, 0.717) is 13.1 Å². The number of aryl methyl sites for hydroxylation is 2. The maximum absolute atomic E-state index is 13.0. The van der Waals surface area contributed by atoms with Gasteiger partial charge in [-0.1, -0.05) is 0 Å². The quantitative estimate of drug-likeness (QED) is 0.755. The third-order valence-electron chi connectivity index (χ3n) is 5.57. The van der Waals surface area contributed by atoms with Gasteiger partial charge in [0.15, 0.2) is 0 Å². The zero-order chi connectivity index (χ0) is 19.8. The number of amides is 1. The minimum Gasteiger partial charge on any atom is -0.339 e. The molecule has 152 valence electrons. The van der Waals surface area contributed by atoms with E-state index in [1.54, 1.807) is 0 Å². The van der Waals surface area contributed by atoms with E-state index in [1.807, 2.05) is 29.7 Å². The van der Waals surface area contributed by atoms with Crippen molar-refractivity contribution in [2.24, 2.45) is 7.05 Å². The van der Waals surface area contributed by atoms with Crippen LogP contribution in [0.5, 0.6) is 0 Å². The van der Waals surface area contributed by atoms with E-state index in [0.717, 1.165) is 43.9 Å². The van der Waals surface area contributed by atoms with Gasteiger partial charge in [0.1, 0.15) is 12.2 Å². The first-order chi connectivity index (χ1) is 13.4. The van der Waals surface area contributed by atoms with Gasteiger partial charge >= 0.3 is 0 Å². The summed E-state index contributed by atoms with van der Waals surface area (Å²) in [5.41, 5.74) is 2.77. The summed E-state index contributed by atoms with van der Waals surface area (Å²) in [6.07, 6.45) is 1.39. The third kappa shape index (κ3) is 4.09. The van der Waals surface area contributed by atoms with Crippen LogP contribution in [0.1, 0.15) is 47.8 Å². The van der Waals surface area contributed by atoms with E-state index in [1.165, 1.54) is 16.3 Å². The van der Waals surface area contributed by atoms with Gasteiger partial charge in [0.05, 0.1) is 5.69 Å². The second-order valence-corrected chi connectivity index (χ2v) is 7.80. The largest absolute Gasteiger partial charge is 0.339 e. The van der Waals surface area contributed by atoms with Gasteiger partial charge in [0.25, 0.3) is 6.43 Å². The standard InChI is InChI=1S/C19H26F2N6O/c1-13-15(10-24(2)22-13)11-25-5-7-26(8-6-25)18(28)12-27-17(14-3-4-14)9-16(23-27)19(20)21/h9-10,14,19H,3-8,11-12H2,1-2H3. The molecule has 9 heteroatoms. The summed E-state index contributed by atoms with van der Waals surface area (Å²) in [5, 5.41) is 8.36. The highest BCUT2D eigenvalue weighted by Crippen LogP contribution is 2.41. The molecule has 0 atom stereocenters. The first-order valence-corrected chi connectivity index (χ1v) is 9.75. The van der Waals surface area contributed by atoms with E-state index >= 15 is 0 Å². The summed E-state index contributed by atoms with van der Waals surface area (Å²) in [6, 6.07) is 1.46. The van der Waals surface area contributed by atoms with Crippen molar-refractivity contribution in [3.63, 3.8) is 0 Å². The molecule has 0 unspecified atom stereocenters. The van der Waals surface area contributed by atoms with Crippen LogP contribution in [0, 0.1) is 6.92 Å². The second-order valence-electron chi connectivity index (χ2n) is 7.80. The first-order valence-electron chi connectivity index (χ1n) is 9.75. The van der Waals surface area contributed by atoms with Crippen molar-refractivity contribution in [1.82, 2.24) is 29.4 Å². The number of halogens is 2. The van der Waals surface area contributed by atoms with Gasteiger partial charge in [-0.05, 0) is 25.8 Å². The molecule has 28 heavy (non-hydrogen) atoms. The van der Waals surface area contributed by atoms with Crippen molar-refractivity contribution in [2.45, 2.75) is 45.2 Å². The zero-order valence-electron chi connectivity index (χ0n) is 16.3. The molecule has 0 aromatic carbocycles. The summed E-state index contributed by atoms with van der Waals surface area (Å²) >= 11 is 0. The molecule has 3 heterocycles. The minimum absolute atomic E-state index is 0.0419. The lowest BCUT2D eigenvalue weighted by Gasteiger charge is -2.34. The molecule has 0 N–H and O–H groups in total. The normalized spacial score (nSPS) is 18.2. The molecule has 1 amide bonds. The summed E-state index contributed by atoms with van der Waals surface area (Å²) in [7, 11) is 1.91. The summed E-state index contributed by atoms with van der Waals surface area (Å²) in [6.45, 7) is 5.72. The molecular weight excluding hydrogens is 366 g/mol. The van der Waals surface area contributed by atoms with Gasteiger partial charge in [-0.25, -0.2) is 8.78 Å². The average molecular weight is 392 g/mol. The molecule has 2 aromatic heterocycles. The molecule has 1 saturated carbocycles. The fourth-order valence-electron chi connectivity index (χ4n) is 3.82. The van der Waals surface area contributed by atoms with Gasteiger partial charge in [-0.2, -0.15) is 10.2 Å². The second kappa shape index (κ2) is 7.62. The molecule has 4 rings (SSSR count). The van der Waals surface area contributed by atoms with Crippen LogP contribution in [0.15, 0.2) is 12.3 Å². The maximum atomic E-state index is 13.0. The summed E-state index contributed by atoms with van der Waals surface area (Å²) in [4.78, 5) is 16.8. The Morgan fingerprint density at radius 1 is 1.21 bits per heavy atom. The molecule has 0 spiro atoms. The van der Waals surface area contributed by atoms with Crippen molar-refractivity contribution in [3.8, 4) is 0 Å². The van der Waals surface area contributed by atoms with Crippen molar-refractivity contribution in [3.05, 3.63) is 34.9 Å². The Bertz CT molecular complexity index is 849. The topological polar surface area (TPSA) is 59.2 Å². The Kier molecular flexibility index (Phi) is 5.18. The van der Waals surface area contributed by atoms with E-state index in [2.05, 4.69) is 15.1 Å². The van der Waals surface area contributed by atoms with Gasteiger partial charge in [-0.15, -0.1) is 0 Å². The van der Waals surface area contributed by atoms with Crippen molar-refractivity contribution < 1.29 is 13.6 Å². The monoisotopic (exact) mass is 392 g/mol. The maximum Gasteiger partial charge on any atom is 0.282 e. The van der Waals surface area contributed by atoms with E-state index in [-0.39, 0.29) is 24.1 Å². The van der Waals surface area contributed by atoms with Crippen LogP contribution in [-0.2, 0) is 24.9 Å². The molecular formula is C19H26F2N6O. The number of piperazine rings is 1. The zero-order valence-corrected chi connectivity index (χ0v) is 16.3. The van der Waals surface area contributed by atoms with E-state index in [9.17, 15) is 13.6 Å². The minimum atomic E-state index is -2.60. The Morgan fingerprint density at radius 2 is 1.93 bits per heavy atom. The molecule has 0 bridgehead atoms. The molecule has 2 aliphatic rings. The molecule has 0 radical (unpaired) electrons. The lowest BCUT2D eigenvalue weighted by Crippen LogP contribution is -2.49. The van der Waals surface area contributed by atoms with Crippen LogP contribution in [0.4, 0.5) is 8.78 Å². The summed E-state index contributed by atoms with van der Waals surface area (Å²) < 4.78 is 29.3. The summed E-state index contributed by atoms with van der Waals surface area (Å²) in [5.74, 6) is 0.218. The predicted octanol–water partition coefficient (Wildman–Crippen LogP) is 2.08. The highest BCUT2D eigenvalue weighted by molar-refractivity contribution is 5.76. The van der Waals surface area contributed by atoms with Crippen LogP contribution < -0.4 is 0 Å². The molecule has 2 fully saturated rings. The van der Waals surface area contributed by atoms with Crippen molar-refractivity contribution in [1.29, 1.82) is 0 Å². The van der Waals surface area contributed by atoms with Gasteiger partial charge in [0, 0.05) is 63.1 Å². The fourth-order valence-corrected chi connectivity index (χ4v) is 3.82. The van der Waals surface area contributed by atoms with Crippen LogP contribution in [0.3, 0.4) is 0 Å². The van der Waals surface area contributed by atoms with Crippen LogP contribution in [-0.4, -0.2) is 61.4 Å². The molecule has 7 nitrogen and oxygen atoms in total. The van der Waals surface area contributed by atoms with Gasteiger partial charge in [0.2, 0.25) is 5.91 Å². The van der Waals surface area contributed by atoms with Gasteiger partial charge < -0.3 is 4.90 Å². The Morgan fingerprint density at radius 3 is 2.50 bits per heavy atom. The first kappa shape index (κ1) is 19.0. The number of nitrogens with zero attached hydrogens (tertiary/aromatic N) is 6. The SMILES string of the molecule is Cc1nn(C)cc1CN1CCN(C(=O)Cn2nc(C(F)F)cc2C2CC2)CC1.